The van der Waals surface area contributed by atoms with Crippen molar-refractivity contribution in [3.63, 3.8) is 0 Å². The number of aliphatic hydroxyl groups is 1. The number of thiazole rings is 1. The van der Waals surface area contributed by atoms with Crippen LogP contribution in [0.25, 0.3) is 21.6 Å². The second kappa shape index (κ2) is 11.5. The lowest BCUT2D eigenvalue weighted by Gasteiger charge is -2.23. The number of rotatable bonds is 9. The second-order valence-corrected chi connectivity index (χ2v) is 11.6. The predicted molar refractivity (Wildman–Crippen MR) is 167 cm³/mol. The molecule has 5 aromatic rings. The minimum atomic E-state index is -0.929. The summed E-state index contributed by atoms with van der Waals surface area (Å²) in [6.07, 6.45) is 5.00. The summed E-state index contributed by atoms with van der Waals surface area (Å²) < 4.78 is 13.9. The number of ether oxygens (including phenoxy) is 2. The monoisotopic (exact) mass is 596 g/mol. The fraction of sp³-hybridized carbons (Fsp3) is 0.273. The first-order valence-corrected chi connectivity index (χ1v) is 15.1. The van der Waals surface area contributed by atoms with Crippen LogP contribution < -0.4 is 14.4 Å². The van der Waals surface area contributed by atoms with E-state index in [-0.39, 0.29) is 17.0 Å². The number of hydrogen-bond acceptors (Lipinski definition) is 8. The van der Waals surface area contributed by atoms with Crippen molar-refractivity contribution in [3.05, 3.63) is 88.9 Å². The summed E-state index contributed by atoms with van der Waals surface area (Å²) in [7, 11) is 1.58. The number of methoxy groups -OCH3 is 1. The number of benzene rings is 2. The minimum absolute atomic E-state index is 0.0392. The molecular weight excluding hydrogens is 564 g/mol. The van der Waals surface area contributed by atoms with E-state index in [1.54, 1.807) is 13.2 Å². The van der Waals surface area contributed by atoms with E-state index < -0.39 is 17.7 Å². The number of imidazole rings is 1. The van der Waals surface area contributed by atoms with Crippen LogP contribution in [0.15, 0.2) is 66.4 Å². The molecule has 10 heteroatoms. The van der Waals surface area contributed by atoms with Crippen molar-refractivity contribution < 1.29 is 24.2 Å². The van der Waals surface area contributed by atoms with E-state index in [9.17, 15) is 14.7 Å². The van der Waals surface area contributed by atoms with Crippen LogP contribution >= 0.6 is 11.3 Å². The van der Waals surface area contributed by atoms with Gasteiger partial charge in [-0.3, -0.25) is 14.5 Å². The van der Waals surface area contributed by atoms with E-state index in [4.69, 9.17) is 14.5 Å². The first-order chi connectivity index (χ1) is 20.8. The molecule has 0 bridgehead atoms. The van der Waals surface area contributed by atoms with Gasteiger partial charge >= 0.3 is 5.91 Å². The quantitative estimate of drug-likeness (QED) is 0.0867. The summed E-state index contributed by atoms with van der Waals surface area (Å²) in [6, 6.07) is 15.6. The van der Waals surface area contributed by atoms with Crippen molar-refractivity contribution in [1.29, 1.82) is 0 Å². The molecule has 1 N–H and O–H groups in total. The molecule has 1 atom stereocenters. The number of carbonyl (C=O) groups excluding carboxylic acids is 2. The van der Waals surface area contributed by atoms with Crippen LogP contribution in [0.2, 0.25) is 0 Å². The lowest BCUT2D eigenvalue weighted by atomic mass is 9.96. The smallest absolute Gasteiger partial charge is 0.301 e. The third kappa shape index (κ3) is 5.01. The minimum Gasteiger partial charge on any atom is -0.505 e. The maximum Gasteiger partial charge on any atom is 0.301 e. The fourth-order valence-corrected chi connectivity index (χ4v) is 6.45. The zero-order chi connectivity index (χ0) is 30.2. The Hall–Kier alpha value is -4.70. The molecule has 1 unspecified atom stereocenters. The molecule has 1 aliphatic rings. The lowest BCUT2D eigenvalue weighted by Crippen LogP contribution is -2.29. The molecule has 0 spiro atoms. The Bertz CT molecular complexity index is 1890. The van der Waals surface area contributed by atoms with E-state index >= 15 is 0 Å². The molecule has 43 heavy (non-hydrogen) atoms. The van der Waals surface area contributed by atoms with E-state index in [2.05, 4.69) is 11.9 Å². The molecule has 6 rings (SSSR count). The number of amides is 1. The van der Waals surface area contributed by atoms with Gasteiger partial charge in [0.2, 0.25) is 0 Å². The van der Waals surface area contributed by atoms with Gasteiger partial charge in [0.15, 0.2) is 10.9 Å². The molecule has 1 fully saturated rings. The molecule has 9 nitrogen and oxygen atoms in total. The molecule has 1 saturated heterocycles. The van der Waals surface area contributed by atoms with Crippen LogP contribution in [0.5, 0.6) is 11.5 Å². The number of nitrogens with zero attached hydrogens (tertiary/aromatic N) is 4. The van der Waals surface area contributed by atoms with Gasteiger partial charge in [0.25, 0.3) is 5.78 Å². The van der Waals surface area contributed by atoms with Crippen LogP contribution in [-0.2, 0) is 9.59 Å². The van der Waals surface area contributed by atoms with E-state index in [1.165, 1.54) is 16.2 Å². The van der Waals surface area contributed by atoms with Gasteiger partial charge in [-0.25, -0.2) is 9.97 Å². The van der Waals surface area contributed by atoms with E-state index in [1.807, 2.05) is 73.0 Å². The highest BCUT2D eigenvalue weighted by atomic mass is 32.1. The maximum atomic E-state index is 13.8. The number of aryl methyl sites for hydroxylation is 2. The van der Waals surface area contributed by atoms with Crippen molar-refractivity contribution >= 4 is 49.8 Å². The number of fused-ring (bicyclic) bond motifs is 2. The van der Waals surface area contributed by atoms with Gasteiger partial charge in [-0.1, -0.05) is 49.3 Å². The average Bonchev–Trinajstić information content (AvgIpc) is 3.67. The third-order valence-electron chi connectivity index (χ3n) is 7.76. The van der Waals surface area contributed by atoms with Crippen LogP contribution in [0.3, 0.4) is 0 Å². The number of ketones is 1. The van der Waals surface area contributed by atoms with E-state index in [0.717, 1.165) is 29.5 Å². The number of unbranched alkanes of at least 4 members (excludes halogenated alkanes) is 2. The summed E-state index contributed by atoms with van der Waals surface area (Å²) in [5.74, 6) is -0.541. The highest BCUT2D eigenvalue weighted by molar-refractivity contribution is 7.22. The molecule has 4 heterocycles. The number of Topliss-reactive ketones (excluding diaryl/α,β-unsaturated/α-hetero) is 1. The summed E-state index contributed by atoms with van der Waals surface area (Å²) in [6.45, 7) is 6.50. The Morgan fingerprint density at radius 3 is 2.51 bits per heavy atom. The number of pyridine rings is 1. The van der Waals surface area contributed by atoms with Gasteiger partial charge in [0.05, 0.1) is 41.2 Å². The Balaban J connectivity index is 1.49. The predicted octanol–water partition coefficient (Wildman–Crippen LogP) is 6.76. The van der Waals surface area contributed by atoms with Crippen LogP contribution in [0.4, 0.5) is 5.13 Å². The number of hydrogen-bond donors (Lipinski definition) is 1. The first-order valence-electron chi connectivity index (χ1n) is 14.2. The molecule has 1 aliphatic heterocycles. The highest BCUT2D eigenvalue weighted by Crippen LogP contribution is 2.45. The molecule has 3 aromatic heterocycles. The summed E-state index contributed by atoms with van der Waals surface area (Å²) in [4.78, 5) is 38.3. The van der Waals surface area contributed by atoms with Gasteiger partial charge in [0.1, 0.15) is 22.8 Å². The normalized spacial score (nSPS) is 16.5. The van der Waals surface area contributed by atoms with Crippen molar-refractivity contribution in [2.75, 3.05) is 18.6 Å². The van der Waals surface area contributed by atoms with Crippen molar-refractivity contribution in [3.8, 4) is 11.5 Å². The molecule has 0 radical (unpaired) electrons. The van der Waals surface area contributed by atoms with Crippen molar-refractivity contribution in [2.24, 2.45) is 0 Å². The van der Waals surface area contributed by atoms with Crippen LogP contribution in [0, 0.1) is 13.8 Å². The highest BCUT2D eigenvalue weighted by Gasteiger charge is 2.48. The van der Waals surface area contributed by atoms with Gasteiger partial charge in [-0.05, 0) is 67.8 Å². The number of aromatic nitrogens is 3. The molecule has 0 saturated carbocycles. The molecular formula is C33H32N4O5S. The van der Waals surface area contributed by atoms with Gasteiger partial charge in [-0.15, -0.1) is 0 Å². The second-order valence-electron chi connectivity index (χ2n) is 10.6. The average molecular weight is 597 g/mol. The third-order valence-corrected chi connectivity index (χ3v) is 8.77. The SMILES string of the molecule is CCCCCOc1ccc(C2C(=C(O)c3nc4c(C)cccn4c3C)C(=O)C(=O)N2c2nc3ccc(OC)cc3s2)cc1. The van der Waals surface area contributed by atoms with Gasteiger partial charge in [-0.2, -0.15) is 0 Å². The Morgan fingerprint density at radius 2 is 1.79 bits per heavy atom. The Morgan fingerprint density at radius 1 is 1.02 bits per heavy atom. The maximum absolute atomic E-state index is 13.8. The lowest BCUT2D eigenvalue weighted by molar-refractivity contribution is -0.132. The zero-order valence-corrected chi connectivity index (χ0v) is 25.3. The summed E-state index contributed by atoms with van der Waals surface area (Å²) >= 11 is 1.28. The van der Waals surface area contributed by atoms with Crippen LogP contribution in [0.1, 0.15) is 54.7 Å². The van der Waals surface area contributed by atoms with Gasteiger partial charge in [0, 0.05) is 6.20 Å². The largest absolute Gasteiger partial charge is 0.505 e. The fourth-order valence-electron chi connectivity index (χ4n) is 5.43. The van der Waals surface area contributed by atoms with Crippen molar-refractivity contribution in [2.45, 2.75) is 46.1 Å². The van der Waals surface area contributed by atoms with E-state index in [0.29, 0.717) is 45.7 Å². The van der Waals surface area contributed by atoms with Crippen LogP contribution in [-0.4, -0.2) is 44.9 Å². The summed E-state index contributed by atoms with van der Waals surface area (Å²) in [5, 5.41) is 12.1. The Kier molecular flexibility index (Phi) is 7.62. The zero-order valence-electron chi connectivity index (χ0n) is 24.5. The Labute approximate surface area is 253 Å². The molecule has 1 amide bonds. The number of aliphatic hydroxyl groups excluding tert-OH is 1. The molecule has 220 valence electrons. The molecule has 0 aliphatic carbocycles. The molecule has 2 aromatic carbocycles. The number of anilines is 1. The standard InChI is InChI=1S/C33H32N4O5S/c1-5-6-7-17-42-22-12-10-21(11-13-22)28-26(29(38)27-20(3)36-16-8-9-19(2)31(36)35-27)30(39)32(40)37(28)33-34-24-15-14-23(41-4)18-25(24)43-33/h8-16,18,28,38H,5-7,17H2,1-4H3. The number of carbonyl (C=O) groups is 2. The summed E-state index contributed by atoms with van der Waals surface area (Å²) in [5.41, 5.74) is 3.76. The van der Waals surface area contributed by atoms with Gasteiger partial charge < -0.3 is 19.0 Å². The first kappa shape index (κ1) is 28.4. The van der Waals surface area contributed by atoms with Crippen molar-refractivity contribution in [1.82, 2.24) is 14.4 Å². The topological polar surface area (TPSA) is 106 Å².